The van der Waals surface area contributed by atoms with Crippen molar-refractivity contribution in [2.45, 2.75) is 43.5 Å². The standard InChI is InChI=1S/C18H26N2O3S/c1-2-24(22,23)17-6-4-3-5-16(17)18(21)20-11-9-15(10-12-20)19-13-14-7-8-14/h3-6,14-15,19H,2,7-13H2,1H3. The Morgan fingerprint density at radius 3 is 2.46 bits per heavy atom. The number of rotatable bonds is 6. The lowest BCUT2D eigenvalue weighted by Gasteiger charge is -2.33. The van der Waals surface area contributed by atoms with Gasteiger partial charge in [0.05, 0.1) is 16.2 Å². The Kier molecular flexibility index (Phi) is 5.25. The van der Waals surface area contributed by atoms with E-state index < -0.39 is 9.84 Å². The molecular weight excluding hydrogens is 324 g/mol. The number of hydrogen-bond donors (Lipinski definition) is 1. The molecule has 0 unspecified atom stereocenters. The minimum Gasteiger partial charge on any atom is -0.338 e. The van der Waals surface area contributed by atoms with Crippen molar-refractivity contribution in [1.29, 1.82) is 0 Å². The largest absolute Gasteiger partial charge is 0.338 e. The predicted octanol–water partition coefficient (Wildman–Crippen LogP) is 2.08. The summed E-state index contributed by atoms with van der Waals surface area (Å²) in [5, 5.41) is 3.59. The van der Waals surface area contributed by atoms with E-state index in [4.69, 9.17) is 0 Å². The van der Waals surface area contributed by atoms with E-state index in [1.165, 1.54) is 18.9 Å². The molecule has 0 atom stereocenters. The molecule has 1 aromatic rings. The molecule has 1 aliphatic heterocycles. The Hall–Kier alpha value is -1.40. The molecule has 0 radical (unpaired) electrons. The number of nitrogens with zero attached hydrogens (tertiary/aromatic N) is 1. The number of sulfone groups is 1. The highest BCUT2D eigenvalue weighted by atomic mass is 32.2. The molecule has 0 spiro atoms. The summed E-state index contributed by atoms with van der Waals surface area (Å²) in [5.41, 5.74) is 0.309. The van der Waals surface area contributed by atoms with E-state index in [1.807, 2.05) is 0 Å². The van der Waals surface area contributed by atoms with Crippen molar-refractivity contribution < 1.29 is 13.2 Å². The van der Waals surface area contributed by atoms with Crippen LogP contribution in [0, 0.1) is 5.92 Å². The van der Waals surface area contributed by atoms with Crippen LogP contribution >= 0.6 is 0 Å². The summed E-state index contributed by atoms with van der Waals surface area (Å²) in [4.78, 5) is 14.8. The fourth-order valence-corrected chi connectivity index (χ4v) is 4.27. The number of amides is 1. The molecule has 1 saturated heterocycles. The van der Waals surface area contributed by atoms with Gasteiger partial charge in [0.25, 0.3) is 5.91 Å². The number of carbonyl (C=O) groups excluding carboxylic acids is 1. The molecule has 5 nitrogen and oxygen atoms in total. The van der Waals surface area contributed by atoms with Crippen LogP contribution in [0.3, 0.4) is 0 Å². The second kappa shape index (κ2) is 7.23. The summed E-state index contributed by atoms with van der Waals surface area (Å²) in [5.74, 6) is 0.698. The average Bonchev–Trinajstić information content (AvgIpc) is 3.44. The van der Waals surface area contributed by atoms with Crippen molar-refractivity contribution in [1.82, 2.24) is 10.2 Å². The number of benzene rings is 1. The lowest BCUT2D eigenvalue weighted by atomic mass is 10.0. The van der Waals surface area contributed by atoms with Gasteiger partial charge in [0.1, 0.15) is 0 Å². The van der Waals surface area contributed by atoms with E-state index in [1.54, 1.807) is 30.0 Å². The van der Waals surface area contributed by atoms with Crippen LogP contribution in [0.4, 0.5) is 0 Å². The number of nitrogens with one attached hydrogen (secondary N) is 1. The minimum absolute atomic E-state index is 0.00442. The monoisotopic (exact) mass is 350 g/mol. The summed E-state index contributed by atoms with van der Waals surface area (Å²) in [6.07, 6.45) is 4.54. The van der Waals surface area contributed by atoms with Crippen molar-refractivity contribution >= 4 is 15.7 Å². The number of carbonyl (C=O) groups is 1. The molecule has 1 saturated carbocycles. The molecule has 2 fully saturated rings. The van der Waals surface area contributed by atoms with Crippen LogP contribution in [0.5, 0.6) is 0 Å². The van der Waals surface area contributed by atoms with Gasteiger partial charge in [-0.25, -0.2) is 8.42 Å². The fraction of sp³-hybridized carbons (Fsp3) is 0.611. The van der Waals surface area contributed by atoms with E-state index in [-0.39, 0.29) is 16.6 Å². The van der Waals surface area contributed by atoms with Gasteiger partial charge in [-0.05, 0) is 50.3 Å². The first-order valence-corrected chi connectivity index (χ1v) is 10.5. The zero-order valence-corrected chi connectivity index (χ0v) is 15.0. The third-order valence-electron chi connectivity index (χ3n) is 5.01. The predicted molar refractivity (Wildman–Crippen MR) is 93.8 cm³/mol. The summed E-state index contributed by atoms with van der Waals surface area (Å²) >= 11 is 0. The molecule has 132 valence electrons. The average molecular weight is 350 g/mol. The zero-order valence-electron chi connectivity index (χ0n) is 14.2. The first-order valence-electron chi connectivity index (χ1n) is 8.85. The van der Waals surface area contributed by atoms with Gasteiger partial charge in [0.2, 0.25) is 0 Å². The molecule has 0 aromatic heterocycles. The molecule has 6 heteroatoms. The number of hydrogen-bond acceptors (Lipinski definition) is 4. The summed E-state index contributed by atoms with van der Waals surface area (Å²) in [6.45, 7) is 4.06. The minimum atomic E-state index is -3.39. The highest BCUT2D eigenvalue weighted by molar-refractivity contribution is 7.91. The van der Waals surface area contributed by atoms with Crippen molar-refractivity contribution in [3.63, 3.8) is 0 Å². The second-order valence-electron chi connectivity index (χ2n) is 6.82. The van der Waals surface area contributed by atoms with E-state index in [2.05, 4.69) is 5.32 Å². The van der Waals surface area contributed by atoms with Crippen molar-refractivity contribution in [3.8, 4) is 0 Å². The van der Waals surface area contributed by atoms with E-state index in [0.717, 1.165) is 25.3 Å². The summed E-state index contributed by atoms with van der Waals surface area (Å²) < 4.78 is 24.5. The topological polar surface area (TPSA) is 66.5 Å². The van der Waals surface area contributed by atoms with Gasteiger partial charge in [-0.15, -0.1) is 0 Å². The molecule has 2 aliphatic rings. The third-order valence-corrected chi connectivity index (χ3v) is 6.79. The summed E-state index contributed by atoms with van der Waals surface area (Å²) in [7, 11) is -3.39. The normalized spacial score (nSPS) is 19.5. The Bertz CT molecular complexity index is 690. The molecule has 1 N–H and O–H groups in total. The van der Waals surface area contributed by atoms with E-state index in [0.29, 0.717) is 24.7 Å². The second-order valence-corrected chi connectivity index (χ2v) is 9.06. The highest BCUT2D eigenvalue weighted by Gasteiger charge is 2.28. The first kappa shape index (κ1) is 17.4. The van der Waals surface area contributed by atoms with Gasteiger partial charge < -0.3 is 10.2 Å². The summed E-state index contributed by atoms with van der Waals surface area (Å²) in [6, 6.07) is 7.04. The van der Waals surface area contributed by atoms with Gasteiger partial charge in [0, 0.05) is 19.1 Å². The maximum Gasteiger partial charge on any atom is 0.255 e. The van der Waals surface area contributed by atoms with Crippen LogP contribution in [0.25, 0.3) is 0 Å². The molecule has 0 bridgehead atoms. The quantitative estimate of drug-likeness (QED) is 0.853. The van der Waals surface area contributed by atoms with E-state index in [9.17, 15) is 13.2 Å². The smallest absolute Gasteiger partial charge is 0.255 e. The zero-order chi connectivity index (χ0) is 17.2. The lowest BCUT2D eigenvalue weighted by Crippen LogP contribution is -2.45. The first-order chi connectivity index (χ1) is 11.5. The molecule has 1 heterocycles. The Labute approximate surface area is 144 Å². The maximum absolute atomic E-state index is 12.8. The SMILES string of the molecule is CCS(=O)(=O)c1ccccc1C(=O)N1CCC(NCC2CC2)CC1. The van der Waals surface area contributed by atoms with Crippen molar-refractivity contribution in [3.05, 3.63) is 29.8 Å². The molecule has 1 aliphatic carbocycles. The van der Waals surface area contributed by atoms with Gasteiger partial charge in [-0.1, -0.05) is 19.1 Å². The fourth-order valence-electron chi connectivity index (χ4n) is 3.18. The number of piperidine rings is 1. The Balaban J connectivity index is 1.65. The Morgan fingerprint density at radius 1 is 1.17 bits per heavy atom. The van der Waals surface area contributed by atoms with Crippen LogP contribution in [-0.2, 0) is 9.84 Å². The Morgan fingerprint density at radius 2 is 1.83 bits per heavy atom. The van der Waals surface area contributed by atoms with Crippen LogP contribution in [-0.4, -0.2) is 50.7 Å². The molecule has 3 rings (SSSR count). The molecular formula is C18H26N2O3S. The van der Waals surface area contributed by atoms with Crippen LogP contribution < -0.4 is 5.32 Å². The van der Waals surface area contributed by atoms with Gasteiger partial charge in [0.15, 0.2) is 9.84 Å². The van der Waals surface area contributed by atoms with Crippen LogP contribution in [0.1, 0.15) is 43.0 Å². The van der Waals surface area contributed by atoms with Crippen molar-refractivity contribution in [2.24, 2.45) is 5.92 Å². The van der Waals surface area contributed by atoms with Gasteiger partial charge in [-0.2, -0.15) is 0 Å². The van der Waals surface area contributed by atoms with Gasteiger partial charge in [-0.3, -0.25) is 4.79 Å². The maximum atomic E-state index is 12.8. The van der Waals surface area contributed by atoms with Crippen molar-refractivity contribution in [2.75, 3.05) is 25.4 Å². The van der Waals surface area contributed by atoms with Crippen LogP contribution in [0.15, 0.2) is 29.2 Å². The molecule has 1 amide bonds. The third kappa shape index (κ3) is 3.98. The number of likely N-dealkylation sites (tertiary alicyclic amines) is 1. The molecule has 1 aromatic carbocycles. The van der Waals surface area contributed by atoms with Crippen LogP contribution in [0.2, 0.25) is 0 Å². The highest BCUT2D eigenvalue weighted by Crippen LogP contribution is 2.28. The van der Waals surface area contributed by atoms with E-state index >= 15 is 0 Å². The van der Waals surface area contributed by atoms with Gasteiger partial charge >= 0.3 is 0 Å². The lowest BCUT2D eigenvalue weighted by molar-refractivity contribution is 0.0701. The molecule has 24 heavy (non-hydrogen) atoms.